The zero-order valence-corrected chi connectivity index (χ0v) is 30.2. The lowest BCUT2D eigenvalue weighted by Gasteiger charge is -2.23. The van der Waals surface area contributed by atoms with E-state index in [0.717, 1.165) is 12.2 Å². The summed E-state index contributed by atoms with van der Waals surface area (Å²) >= 11 is 0. The molecule has 1 unspecified atom stereocenters. The maximum Gasteiger partial charge on any atom is 0.0701 e. The van der Waals surface area contributed by atoms with Crippen molar-refractivity contribution in [3.05, 3.63) is 211 Å². The van der Waals surface area contributed by atoms with Crippen LogP contribution in [0.25, 0.3) is 82.9 Å². The molecule has 11 rings (SSSR count). The maximum absolute atomic E-state index is 3.86. The summed E-state index contributed by atoms with van der Waals surface area (Å²) in [6, 6.07) is 60.0. The Morgan fingerprint density at radius 2 is 1.16 bits per heavy atom. The summed E-state index contributed by atoms with van der Waals surface area (Å²) in [5.41, 5.74) is 13.5. The maximum atomic E-state index is 3.86. The summed E-state index contributed by atoms with van der Waals surface area (Å²) in [5.74, 6) is 0. The predicted molar refractivity (Wildman–Crippen MR) is 232 cm³/mol. The van der Waals surface area contributed by atoms with Crippen molar-refractivity contribution in [2.24, 2.45) is 0 Å². The van der Waals surface area contributed by atoms with Crippen molar-refractivity contribution in [3.8, 4) is 27.9 Å². The first-order valence-corrected chi connectivity index (χ1v) is 19.1. The van der Waals surface area contributed by atoms with Crippen LogP contribution in [0.3, 0.4) is 0 Å². The van der Waals surface area contributed by atoms with E-state index in [1.807, 2.05) is 0 Å². The van der Waals surface area contributed by atoms with E-state index in [2.05, 4.69) is 209 Å². The van der Waals surface area contributed by atoms with Gasteiger partial charge in [-0.1, -0.05) is 146 Å². The number of dihydropyridines is 1. The van der Waals surface area contributed by atoms with Crippen LogP contribution in [-0.2, 0) is 6.54 Å². The third-order valence-corrected chi connectivity index (χ3v) is 11.5. The quantitative estimate of drug-likeness (QED) is 0.175. The Labute approximate surface area is 320 Å². The zero-order valence-electron chi connectivity index (χ0n) is 30.2. The lowest BCUT2D eigenvalue weighted by molar-refractivity contribution is 0.765. The van der Waals surface area contributed by atoms with Gasteiger partial charge in [0.1, 0.15) is 0 Å². The zero-order chi connectivity index (χ0) is 36.3. The Hall–Kier alpha value is -7.10. The smallest absolute Gasteiger partial charge is 0.0701 e. The number of benzene rings is 8. The van der Waals surface area contributed by atoms with Crippen molar-refractivity contribution in [3.63, 3.8) is 0 Å². The largest absolute Gasteiger partial charge is 0.387 e. The van der Waals surface area contributed by atoms with Crippen molar-refractivity contribution in [1.29, 1.82) is 0 Å². The second-order valence-electron chi connectivity index (χ2n) is 14.6. The molecule has 55 heavy (non-hydrogen) atoms. The molecule has 3 nitrogen and oxygen atoms in total. The van der Waals surface area contributed by atoms with Crippen molar-refractivity contribution in [1.82, 2.24) is 15.2 Å². The molecule has 3 heteroatoms. The first-order chi connectivity index (χ1) is 27.3. The molecule has 3 heterocycles. The highest BCUT2D eigenvalue weighted by molar-refractivity contribution is 6.21. The van der Waals surface area contributed by atoms with Crippen molar-refractivity contribution in [2.45, 2.75) is 12.6 Å². The van der Waals surface area contributed by atoms with Gasteiger partial charge in [0, 0.05) is 28.9 Å². The number of para-hydroxylation sites is 1. The van der Waals surface area contributed by atoms with Gasteiger partial charge in [0.25, 0.3) is 0 Å². The van der Waals surface area contributed by atoms with E-state index >= 15 is 0 Å². The van der Waals surface area contributed by atoms with Crippen LogP contribution in [0, 0.1) is 0 Å². The van der Waals surface area contributed by atoms with Crippen LogP contribution in [0.1, 0.15) is 28.4 Å². The van der Waals surface area contributed by atoms with Crippen LogP contribution in [0.2, 0.25) is 0 Å². The van der Waals surface area contributed by atoms with Gasteiger partial charge in [-0.2, -0.15) is 0 Å². The summed E-state index contributed by atoms with van der Waals surface area (Å²) in [4.78, 5) is 0. The summed E-state index contributed by atoms with van der Waals surface area (Å²) < 4.78 is 2.38. The SMILES string of the molecule is C1=CC(c2ccc3c(c2)c2c(n3-c3ccccc3)C=CNC2)NC(c2ccc(-c3c4ccccc4c(-c4ccc5ccccc5c4)c4ccccc34)cc2)=C1. The van der Waals surface area contributed by atoms with Gasteiger partial charge in [-0.3, -0.25) is 0 Å². The van der Waals surface area contributed by atoms with Crippen molar-refractivity contribution < 1.29 is 0 Å². The molecule has 2 aliphatic rings. The van der Waals surface area contributed by atoms with Crippen LogP contribution >= 0.6 is 0 Å². The molecule has 0 spiro atoms. The molecule has 0 fully saturated rings. The van der Waals surface area contributed by atoms with E-state index in [1.165, 1.54) is 93.5 Å². The number of allylic oxidation sites excluding steroid dienone is 2. The standard InChI is InChI=1S/C52H37N3/c1-2-13-40(14-3-1)55-49-28-27-38(32-45(49)46-33-53-30-29-50(46)55)48-20-10-19-47(54-48)35-22-24-36(25-23-35)51-41-15-6-8-17-43(41)52(44-18-9-7-16-42(44)51)39-26-21-34-11-4-5-12-37(34)31-39/h1-32,48,53-54H,33H2. The molecule has 0 aliphatic carbocycles. The molecule has 0 saturated heterocycles. The Morgan fingerprint density at radius 1 is 0.527 bits per heavy atom. The normalized spacial score (nSPS) is 14.9. The molecule has 8 aromatic carbocycles. The number of nitrogens with one attached hydrogen (secondary N) is 2. The fraction of sp³-hybridized carbons (Fsp3) is 0.0385. The molecule has 2 N–H and O–H groups in total. The fourth-order valence-corrected chi connectivity index (χ4v) is 8.91. The van der Waals surface area contributed by atoms with Gasteiger partial charge in [0.05, 0.1) is 17.3 Å². The summed E-state index contributed by atoms with van der Waals surface area (Å²) in [6.07, 6.45) is 10.9. The minimum atomic E-state index is 0.0578. The number of hydrogen-bond acceptors (Lipinski definition) is 2. The Bertz CT molecular complexity index is 3000. The molecule has 1 aromatic heterocycles. The first-order valence-electron chi connectivity index (χ1n) is 19.1. The minimum absolute atomic E-state index is 0.0578. The highest BCUT2D eigenvalue weighted by Gasteiger charge is 2.22. The van der Waals surface area contributed by atoms with E-state index in [0.29, 0.717) is 0 Å². The number of nitrogens with zero attached hydrogens (tertiary/aromatic N) is 1. The van der Waals surface area contributed by atoms with Crippen LogP contribution in [-0.4, -0.2) is 4.57 Å². The highest BCUT2D eigenvalue weighted by atomic mass is 15.0. The van der Waals surface area contributed by atoms with E-state index in [4.69, 9.17) is 0 Å². The Kier molecular flexibility index (Phi) is 7.31. The van der Waals surface area contributed by atoms with Gasteiger partial charge in [0.2, 0.25) is 0 Å². The molecular weight excluding hydrogens is 667 g/mol. The third-order valence-electron chi connectivity index (χ3n) is 11.5. The third kappa shape index (κ3) is 5.20. The second-order valence-corrected chi connectivity index (χ2v) is 14.6. The van der Waals surface area contributed by atoms with Gasteiger partial charge >= 0.3 is 0 Å². The van der Waals surface area contributed by atoms with Gasteiger partial charge < -0.3 is 15.2 Å². The summed E-state index contributed by atoms with van der Waals surface area (Å²) in [6.45, 7) is 0.813. The predicted octanol–water partition coefficient (Wildman–Crippen LogP) is 12.7. The van der Waals surface area contributed by atoms with E-state index in [-0.39, 0.29) is 6.04 Å². The van der Waals surface area contributed by atoms with Crippen molar-refractivity contribution in [2.75, 3.05) is 0 Å². The number of rotatable bonds is 5. The average Bonchev–Trinajstić information content (AvgIpc) is 3.59. The van der Waals surface area contributed by atoms with Gasteiger partial charge in [-0.15, -0.1) is 0 Å². The topological polar surface area (TPSA) is 29.0 Å². The van der Waals surface area contributed by atoms with Gasteiger partial charge in [-0.05, 0) is 114 Å². The molecule has 0 bridgehead atoms. The summed E-state index contributed by atoms with van der Waals surface area (Å²) in [7, 11) is 0. The van der Waals surface area contributed by atoms with Gasteiger partial charge in [0.15, 0.2) is 0 Å². The average molecular weight is 704 g/mol. The van der Waals surface area contributed by atoms with E-state index in [9.17, 15) is 0 Å². The lowest BCUT2D eigenvalue weighted by atomic mass is 9.85. The molecule has 0 saturated carbocycles. The van der Waals surface area contributed by atoms with Crippen LogP contribution in [0.15, 0.2) is 188 Å². The molecular formula is C52H37N3. The Morgan fingerprint density at radius 3 is 1.91 bits per heavy atom. The molecule has 0 amide bonds. The lowest BCUT2D eigenvalue weighted by Crippen LogP contribution is -2.20. The molecule has 1 atom stereocenters. The first kappa shape index (κ1) is 31.4. The summed E-state index contributed by atoms with van der Waals surface area (Å²) in [5, 5.41) is 16.2. The molecule has 260 valence electrons. The molecule has 2 aliphatic heterocycles. The van der Waals surface area contributed by atoms with E-state index in [1.54, 1.807) is 0 Å². The van der Waals surface area contributed by atoms with Gasteiger partial charge in [-0.25, -0.2) is 0 Å². The Balaban J connectivity index is 0.948. The van der Waals surface area contributed by atoms with E-state index < -0.39 is 0 Å². The highest BCUT2D eigenvalue weighted by Crippen LogP contribution is 2.44. The van der Waals surface area contributed by atoms with Crippen LogP contribution < -0.4 is 10.6 Å². The number of aromatic nitrogens is 1. The second kappa shape index (κ2) is 12.8. The van der Waals surface area contributed by atoms with Crippen molar-refractivity contribution >= 4 is 55.0 Å². The number of hydrogen-bond donors (Lipinski definition) is 2. The molecule has 9 aromatic rings. The van der Waals surface area contributed by atoms with Crippen LogP contribution in [0.4, 0.5) is 0 Å². The van der Waals surface area contributed by atoms with Crippen LogP contribution in [0.5, 0.6) is 0 Å². The monoisotopic (exact) mass is 703 g/mol. The molecule has 0 radical (unpaired) electrons. The number of fused-ring (bicyclic) bond motifs is 6. The fourth-order valence-electron chi connectivity index (χ4n) is 8.91. The minimum Gasteiger partial charge on any atom is -0.387 e.